The molecule has 1 fully saturated rings. The Hall–Kier alpha value is -1.10. The van der Waals surface area contributed by atoms with Crippen LogP contribution in [0.25, 0.3) is 6.08 Å². The summed E-state index contributed by atoms with van der Waals surface area (Å²) >= 11 is 0. The van der Waals surface area contributed by atoms with E-state index in [1.165, 1.54) is 5.56 Å². The van der Waals surface area contributed by atoms with Gasteiger partial charge in [0.05, 0.1) is 17.8 Å². The normalized spacial score (nSPS) is 20.7. The summed E-state index contributed by atoms with van der Waals surface area (Å²) in [6.45, 7) is 12.3. The number of aliphatic hydroxyl groups excluding tert-OH is 1. The molecule has 120 valence electrons. The number of benzene rings is 1. The Balaban J connectivity index is 2.22. The fraction of sp³-hybridized carbons (Fsp3) is 0.556. The molecule has 1 aromatic carbocycles. The lowest BCUT2D eigenvalue weighted by molar-refractivity contribution is 0.00578. The summed E-state index contributed by atoms with van der Waals surface area (Å²) in [6, 6.07) is 8.37. The molecule has 0 unspecified atom stereocenters. The zero-order chi connectivity index (χ0) is 16.5. The summed E-state index contributed by atoms with van der Waals surface area (Å²) in [5.41, 5.74) is 2.30. The second-order valence-corrected chi connectivity index (χ2v) is 7.29. The van der Waals surface area contributed by atoms with Gasteiger partial charge < -0.3 is 14.4 Å². The summed E-state index contributed by atoms with van der Waals surface area (Å²) in [6.07, 6.45) is 1.95. The van der Waals surface area contributed by atoms with Gasteiger partial charge in [0.1, 0.15) is 0 Å². The Morgan fingerprint density at radius 1 is 1.09 bits per heavy atom. The maximum Gasteiger partial charge on any atom is 0.492 e. The third-order valence-corrected chi connectivity index (χ3v) is 4.69. The summed E-state index contributed by atoms with van der Waals surface area (Å²) in [5, 5.41) is 9.70. The number of hydrogen-bond donors (Lipinski definition) is 1. The van der Waals surface area contributed by atoms with Crippen LogP contribution in [0, 0.1) is 0 Å². The summed E-state index contributed by atoms with van der Waals surface area (Å²) < 4.78 is 12.0. The van der Waals surface area contributed by atoms with E-state index in [1.807, 2.05) is 33.8 Å². The van der Waals surface area contributed by atoms with E-state index in [0.29, 0.717) is 5.92 Å². The Morgan fingerprint density at radius 2 is 1.59 bits per heavy atom. The first-order valence-electron chi connectivity index (χ1n) is 7.93. The molecule has 0 radical (unpaired) electrons. The van der Waals surface area contributed by atoms with Crippen LogP contribution in [0.4, 0.5) is 0 Å². The van der Waals surface area contributed by atoms with Crippen molar-refractivity contribution in [2.45, 2.75) is 58.7 Å². The standard InChI is InChI=1S/C18H27BO3/c1-13(2)15-9-7-14(8-10-15)11-16(12-20)19-21-17(3,4)18(5,6)22-19/h7-11,13,20H,12H2,1-6H3. The Bertz CT molecular complexity index is 528. The average molecular weight is 302 g/mol. The molecule has 0 aromatic heterocycles. The minimum atomic E-state index is -0.500. The molecule has 1 N–H and O–H groups in total. The van der Waals surface area contributed by atoms with Gasteiger partial charge in [-0.3, -0.25) is 0 Å². The molecule has 0 aliphatic carbocycles. The molecule has 0 saturated carbocycles. The van der Waals surface area contributed by atoms with Crippen molar-refractivity contribution in [1.29, 1.82) is 0 Å². The van der Waals surface area contributed by atoms with Gasteiger partial charge in [0, 0.05) is 0 Å². The maximum atomic E-state index is 9.70. The molecular formula is C18H27BO3. The van der Waals surface area contributed by atoms with Crippen LogP contribution in [-0.2, 0) is 9.31 Å². The third-order valence-electron chi connectivity index (χ3n) is 4.69. The van der Waals surface area contributed by atoms with Crippen LogP contribution in [0.3, 0.4) is 0 Å². The third kappa shape index (κ3) is 3.45. The summed E-state index contributed by atoms with van der Waals surface area (Å²) in [7, 11) is -0.500. The number of aliphatic hydroxyl groups is 1. The molecule has 4 heteroatoms. The minimum Gasteiger partial charge on any atom is -0.400 e. The van der Waals surface area contributed by atoms with Gasteiger partial charge in [-0.05, 0) is 50.2 Å². The lowest BCUT2D eigenvalue weighted by atomic mass is 9.77. The molecular weight excluding hydrogens is 275 g/mol. The first-order chi connectivity index (χ1) is 10.2. The second kappa shape index (κ2) is 6.19. The van der Waals surface area contributed by atoms with Gasteiger partial charge in [-0.1, -0.05) is 44.2 Å². The number of rotatable bonds is 4. The highest BCUT2D eigenvalue weighted by Gasteiger charge is 2.52. The van der Waals surface area contributed by atoms with Crippen LogP contribution in [-0.4, -0.2) is 30.0 Å². The lowest BCUT2D eigenvalue weighted by Crippen LogP contribution is -2.41. The Kier molecular flexibility index (Phi) is 4.86. The second-order valence-electron chi connectivity index (χ2n) is 7.29. The van der Waals surface area contributed by atoms with E-state index in [2.05, 4.69) is 38.1 Å². The first kappa shape index (κ1) is 17.3. The monoisotopic (exact) mass is 302 g/mol. The highest BCUT2D eigenvalue weighted by atomic mass is 16.7. The molecule has 1 heterocycles. The largest absolute Gasteiger partial charge is 0.492 e. The van der Waals surface area contributed by atoms with Crippen LogP contribution in [0.5, 0.6) is 0 Å². The topological polar surface area (TPSA) is 38.7 Å². The van der Waals surface area contributed by atoms with Crippen LogP contribution in [0.2, 0.25) is 0 Å². The van der Waals surface area contributed by atoms with Crippen molar-refractivity contribution in [2.24, 2.45) is 0 Å². The number of hydrogen-bond acceptors (Lipinski definition) is 3. The van der Waals surface area contributed by atoms with Crippen molar-refractivity contribution in [2.75, 3.05) is 6.61 Å². The van der Waals surface area contributed by atoms with E-state index < -0.39 is 18.3 Å². The van der Waals surface area contributed by atoms with E-state index in [1.54, 1.807) is 0 Å². The van der Waals surface area contributed by atoms with Gasteiger partial charge >= 0.3 is 7.12 Å². The molecule has 1 saturated heterocycles. The fourth-order valence-electron chi connectivity index (χ4n) is 2.37. The van der Waals surface area contributed by atoms with Crippen LogP contribution >= 0.6 is 0 Å². The minimum absolute atomic E-state index is 0.0806. The van der Waals surface area contributed by atoms with Crippen LogP contribution < -0.4 is 0 Å². The van der Waals surface area contributed by atoms with Gasteiger partial charge in [-0.25, -0.2) is 0 Å². The molecule has 1 aromatic rings. The highest BCUT2D eigenvalue weighted by molar-refractivity contribution is 6.55. The van der Waals surface area contributed by atoms with E-state index in [0.717, 1.165) is 11.0 Å². The zero-order valence-corrected chi connectivity index (χ0v) is 14.5. The predicted octanol–water partition coefficient (Wildman–Crippen LogP) is 3.82. The summed E-state index contributed by atoms with van der Waals surface area (Å²) in [4.78, 5) is 0. The molecule has 1 aliphatic rings. The van der Waals surface area contributed by atoms with E-state index >= 15 is 0 Å². The van der Waals surface area contributed by atoms with E-state index in [9.17, 15) is 5.11 Å². The Morgan fingerprint density at radius 3 is 2.00 bits per heavy atom. The van der Waals surface area contributed by atoms with Crippen molar-refractivity contribution in [1.82, 2.24) is 0 Å². The fourth-order valence-corrected chi connectivity index (χ4v) is 2.37. The Labute approximate surface area is 134 Å². The highest BCUT2D eigenvalue weighted by Crippen LogP contribution is 2.38. The average Bonchev–Trinajstić information content (AvgIpc) is 2.65. The van der Waals surface area contributed by atoms with Crippen molar-refractivity contribution in [3.05, 3.63) is 40.9 Å². The van der Waals surface area contributed by atoms with Crippen LogP contribution in [0.15, 0.2) is 29.7 Å². The van der Waals surface area contributed by atoms with Gasteiger partial charge in [-0.2, -0.15) is 0 Å². The molecule has 0 spiro atoms. The zero-order valence-electron chi connectivity index (χ0n) is 14.5. The van der Waals surface area contributed by atoms with E-state index in [4.69, 9.17) is 9.31 Å². The quantitative estimate of drug-likeness (QED) is 0.859. The van der Waals surface area contributed by atoms with Crippen molar-refractivity contribution < 1.29 is 14.4 Å². The van der Waals surface area contributed by atoms with Crippen molar-refractivity contribution in [3.8, 4) is 0 Å². The first-order valence-corrected chi connectivity index (χ1v) is 7.93. The summed E-state index contributed by atoms with van der Waals surface area (Å²) in [5.74, 6) is 0.512. The van der Waals surface area contributed by atoms with Gasteiger partial charge in [0.15, 0.2) is 0 Å². The van der Waals surface area contributed by atoms with Gasteiger partial charge in [0.2, 0.25) is 0 Å². The van der Waals surface area contributed by atoms with Gasteiger partial charge in [-0.15, -0.1) is 0 Å². The smallest absolute Gasteiger partial charge is 0.400 e. The molecule has 0 bridgehead atoms. The van der Waals surface area contributed by atoms with Crippen molar-refractivity contribution in [3.63, 3.8) is 0 Å². The molecule has 22 heavy (non-hydrogen) atoms. The molecule has 2 rings (SSSR count). The molecule has 3 nitrogen and oxygen atoms in total. The maximum absolute atomic E-state index is 9.70. The molecule has 0 amide bonds. The lowest BCUT2D eigenvalue weighted by Gasteiger charge is -2.32. The SMILES string of the molecule is CC(C)c1ccc(C=C(CO)B2OC(C)(C)C(C)(C)O2)cc1. The van der Waals surface area contributed by atoms with Crippen molar-refractivity contribution >= 4 is 13.2 Å². The molecule has 1 aliphatic heterocycles. The van der Waals surface area contributed by atoms with E-state index in [-0.39, 0.29) is 6.61 Å². The predicted molar refractivity (Wildman–Crippen MR) is 91.7 cm³/mol. The molecule has 0 atom stereocenters. The van der Waals surface area contributed by atoms with Crippen LogP contribution in [0.1, 0.15) is 58.6 Å². The van der Waals surface area contributed by atoms with Gasteiger partial charge in [0.25, 0.3) is 0 Å².